The maximum atomic E-state index is 6.07. The highest BCUT2D eigenvalue weighted by Crippen LogP contribution is 2.38. The highest BCUT2D eigenvalue weighted by molar-refractivity contribution is 14.1. The Labute approximate surface area is 150 Å². The van der Waals surface area contributed by atoms with E-state index in [4.69, 9.17) is 4.42 Å². The average Bonchev–Trinajstić information content (AvgIpc) is 2.76. The number of rotatable bonds is 0. The van der Waals surface area contributed by atoms with Crippen LogP contribution in [0.3, 0.4) is 0 Å². The lowest BCUT2D eigenvalue weighted by Crippen LogP contribution is -2.04. The molecule has 0 unspecified atom stereocenters. The van der Waals surface area contributed by atoms with Crippen LogP contribution in [0.5, 0.6) is 0 Å². The van der Waals surface area contributed by atoms with Crippen molar-refractivity contribution >= 4 is 79.3 Å². The summed E-state index contributed by atoms with van der Waals surface area (Å²) < 4.78 is 7.28. The van der Waals surface area contributed by atoms with Crippen LogP contribution in [0.2, 0.25) is 0 Å². The van der Waals surface area contributed by atoms with Gasteiger partial charge in [-0.25, -0.2) is 0 Å². The molecule has 3 heteroatoms. The lowest BCUT2D eigenvalue weighted by atomic mass is 10.0. The predicted molar refractivity (Wildman–Crippen MR) is 107 cm³/mol. The lowest BCUT2D eigenvalue weighted by Gasteiger charge is -2.09. The van der Waals surface area contributed by atoms with E-state index in [1.54, 1.807) is 0 Å². The average molecular weight is 498 g/mol. The summed E-state index contributed by atoms with van der Waals surface area (Å²) in [5.74, 6) is 0. The first-order valence-corrected chi connectivity index (χ1v) is 8.92. The monoisotopic (exact) mass is 498 g/mol. The van der Waals surface area contributed by atoms with Gasteiger partial charge in [-0.2, -0.15) is 0 Å². The van der Waals surface area contributed by atoms with Gasteiger partial charge in [0, 0.05) is 10.8 Å². The van der Waals surface area contributed by atoms with Crippen molar-refractivity contribution in [2.45, 2.75) is 10.3 Å². The summed E-state index contributed by atoms with van der Waals surface area (Å²) in [5.41, 5.74) is 4.45. The Balaban J connectivity index is 2.16. The number of benzene rings is 2. The van der Waals surface area contributed by atoms with Gasteiger partial charge >= 0.3 is 0 Å². The van der Waals surface area contributed by atoms with Gasteiger partial charge in [-0.3, -0.25) is 0 Å². The van der Waals surface area contributed by atoms with Crippen molar-refractivity contribution in [3.63, 3.8) is 0 Å². The number of hydrogen-bond donors (Lipinski definition) is 0. The van der Waals surface area contributed by atoms with Gasteiger partial charge in [-0.1, -0.05) is 65.1 Å². The van der Waals surface area contributed by atoms with Gasteiger partial charge in [0.25, 0.3) is 0 Å². The first-order valence-electron chi connectivity index (χ1n) is 6.76. The fourth-order valence-electron chi connectivity index (χ4n) is 2.78. The van der Waals surface area contributed by atoms with E-state index in [0.29, 0.717) is 0 Å². The predicted octanol–water partition coefficient (Wildman–Crippen LogP) is 6.42. The molecule has 0 bridgehead atoms. The summed E-state index contributed by atoms with van der Waals surface area (Å²) in [6.07, 6.45) is 8.95. The SMILES string of the molecule is C[C@]1(I)C=Cc2ccc3oc4c(I)cccc4c3c2C=C1. The van der Waals surface area contributed by atoms with Crippen molar-refractivity contribution in [2.24, 2.45) is 0 Å². The third kappa shape index (κ3) is 2.25. The van der Waals surface area contributed by atoms with Crippen molar-refractivity contribution < 1.29 is 4.42 Å². The summed E-state index contributed by atoms with van der Waals surface area (Å²) in [6.45, 7) is 2.21. The number of para-hydroxylation sites is 1. The van der Waals surface area contributed by atoms with Crippen LogP contribution in [0.25, 0.3) is 34.1 Å². The van der Waals surface area contributed by atoms with E-state index in [-0.39, 0.29) is 3.42 Å². The number of alkyl halides is 1. The molecule has 104 valence electrons. The normalized spacial score (nSPS) is 20.9. The molecule has 21 heavy (non-hydrogen) atoms. The van der Waals surface area contributed by atoms with E-state index < -0.39 is 0 Å². The van der Waals surface area contributed by atoms with E-state index in [9.17, 15) is 0 Å². The molecule has 0 saturated heterocycles. The molecule has 4 rings (SSSR count). The van der Waals surface area contributed by atoms with Gasteiger partial charge in [0.15, 0.2) is 0 Å². The minimum Gasteiger partial charge on any atom is -0.455 e. The summed E-state index contributed by atoms with van der Waals surface area (Å²) >= 11 is 4.80. The number of halogens is 2. The molecule has 1 aliphatic carbocycles. The largest absolute Gasteiger partial charge is 0.455 e. The minimum absolute atomic E-state index is 0.0526. The van der Waals surface area contributed by atoms with Gasteiger partial charge < -0.3 is 4.42 Å². The Morgan fingerprint density at radius 2 is 1.86 bits per heavy atom. The molecule has 0 spiro atoms. The second kappa shape index (κ2) is 4.84. The number of furan rings is 1. The molecule has 1 nitrogen and oxygen atoms in total. The molecule has 1 heterocycles. The fourth-order valence-corrected chi connectivity index (χ4v) is 3.75. The number of hydrogen-bond acceptors (Lipinski definition) is 1. The smallest absolute Gasteiger partial charge is 0.148 e. The molecule has 3 aromatic rings. The third-order valence-electron chi connectivity index (χ3n) is 3.85. The quantitative estimate of drug-likeness (QED) is 0.258. The second-order valence-corrected chi connectivity index (χ2v) is 8.96. The van der Waals surface area contributed by atoms with Crippen molar-refractivity contribution in [1.82, 2.24) is 0 Å². The van der Waals surface area contributed by atoms with E-state index in [0.717, 1.165) is 14.7 Å². The fraction of sp³-hybridized carbons (Fsp3) is 0.111. The zero-order chi connectivity index (χ0) is 14.6. The van der Waals surface area contributed by atoms with Crippen molar-refractivity contribution in [2.75, 3.05) is 0 Å². The van der Waals surface area contributed by atoms with E-state index in [1.807, 2.05) is 0 Å². The van der Waals surface area contributed by atoms with Crippen LogP contribution in [0, 0.1) is 3.57 Å². The zero-order valence-corrected chi connectivity index (χ0v) is 15.7. The van der Waals surface area contributed by atoms with Crippen LogP contribution in [0.4, 0.5) is 0 Å². The van der Waals surface area contributed by atoms with Gasteiger partial charge in [0.1, 0.15) is 11.2 Å². The van der Waals surface area contributed by atoms with Crippen LogP contribution in [-0.4, -0.2) is 3.42 Å². The Hall–Kier alpha value is -0.820. The molecule has 0 aliphatic heterocycles. The van der Waals surface area contributed by atoms with Crippen LogP contribution in [-0.2, 0) is 0 Å². The Morgan fingerprint density at radius 3 is 2.71 bits per heavy atom. The molecule has 2 aromatic carbocycles. The molecule has 0 fully saturated rings. The lowest BCUT2D eigenvalue weighted by molar-refractivity contribution is 0.666. The van der Waals surface area contributed by atoms with Crippen LogP contribution in [0.15, 0.2) is 46.9 Å². The highest BCUT2D eigenvalue weighted by atomic mass is 127. The summed E-state index contributed by atoms with van der Waals surface area (Å²) in [7, 11) is 0. The maximum Gasteiger partial charge on any atom is 0.148 e. The van der Waals surface area contributed by atoms with Gasteiger partial charge in [0.2, 0.25) is 0 Å². The standard InChI is InChI=1S/C18H12I2O/c1-18(20)9-7-11-5-6-15-16(12(11)8-10-18)13-3-2-4-14(19)17(13)21-15/h2-10H,1H3/t18-/m0/s1. The third-order valence-corrected chi connectivity index (χ3v) is 5.42. The number of allylic oxidation sites excluding steroid dienone is 2. The molecule has 1 aliphatic rings. The second-order valence-electron chi connectivity index (χ2n) is 5.48. The van der Waals surface area contributed by atoms with Crippen LogP contribution < -0.4 is 0 Å². The van der Waals surface area contributed by atoms with Gasteiger partial charge in [-0.05, 0) is 52.8 Å². The van der Waals surface area contributed by atoms with Crippen molar-refractivity contribution in [1.29, 1.82) is 0 Å². The van der Waals surface area contributed by atoms with Gasteiger partial charge in [-0.15, -0.1) is 0 Å². The molecular formula is C18H12I2O. The molecule has 0 amide bonds. The molecule has 0 N–H and O–H groups in total. The van der Waals surface area contributed by atoms with E-state index in [1.165, 1.54) is 21.9 Å². The highest BCUT2D eigenvalue weighted by Gasteiger charge is 2.18. The van der Waals surface area contributed by atoms with Crippen LogP contribution >= 0.6 is 45.2 Å². The Morgan fingerprint density at radius 1 is 1.05 bits per heavy atom. The van der Waals surface area contributed by atoms with Crippen LogP contribution in [0.1, 0.15) is 18.1 Å². The summed E-state index contributed by atoms with van der Waals surface area (Å²) in [5, 5.41) is 2.42. The molecule has 1 aromatic heterocycles. The topological polar surface area (TPSA) is 13.1 Å². The van der Waals surface area contributed by atoms with E-state index in [2.05, 4.69) is 107 Å². The molecular weight excluding hydrogens is 486 g/mol. The van der Waals surface area contributed by atoms with Gasteiger partial charge in [0.05, 0.1) is 6.99 Å². The molecule has 0 saturated carbocycles. The van der Waals surface area contributed by atoms with E-state index >= 15 is 0 Å². The first-order chi connectivity index (χ1) is 10.1. The zero-order valence-electron chi connectivity index (χ0n) is 11.4. The Bertz CT molecular complexity index is 929. The number of fused-ring (bicyclic) bond motifs is 5. The van der Waals surface area contributed by atoms with Crippen molar-refractivity contribution in [3.8, 4) is 0 Å². The summed E-state index contributed by atoms with van der Waals surface area (Å²) in [4.78, 5) is 0. The molecule has 0 radical (unpaired) electrons. The Kier molecular flexibility index (Phi) is 3.19. The maximum absolute atomic E-state index is 6.07. The first kappa shape index (κ1) is 13.8. The summed E-state index contributed by atoms with van der Waals surface area (Å²) in [6, 6.07) is 10.6. The van der Waals surface area contributed by atoms with Crippen molar-refractivity contribution in [3.05, 3.63) is 57.2 Å². The molecule has 1 atom stereocenters. The minimum atomic E-state index is 0.0526.